The lowest BCUT2D eigenvalue weighted by atomic mass is 9.78. The van der Waals surface area contributed by atoms with Gasteiger partial charge in [0.05, 0.1) is 33.8 Å². The van der Waals surface area contributed by atoms with Crippen LogP contribution in [0.15, 0.2) is 12.3 Å². The van der Waals surface area contributed by atoms with Gasteiger partial charge in [-0.15, -0.1) is 11.3 Å². The van der Waals surface area contributed by atoms with Gasteiger partial charge in [-0.25, -0.2) is 9.97 Å². The summed E-state index contributed by atoms with van der Waals surface area (Å²) in [6.07, 6.45) is 6.08. The van der Waals surface area contributed by atoms with Crippen LogP contribution >= 0.6 is 11.3 Å². The Morgan fingerprint density at radius 2 is 1.83 bits per heavy atom. The van der Waals surface area contributed by atoms with Crippen molar-refractivity contribution in [3.05, 3.63) is 23.7 Å². The molecule has 0 unspecified atom stereocenters. The first-order valence-corrected chi connectivity index (χ1v) is 13.9. The number of nitrogens with zero attached hydrogens (tertiary/aromatic N) is 4. The smallest absolute Gasteiger partial charge is 0.225 e. The molecular formula is C26H34N6O3S. The van der Waals surface area contributed by atoms with Gasteiger partial charge in [0.25, 0.3) is 0 Å². The minimum atomic E-state index is -1.00. The highest BCUT2D eigenvalue weighted by Crippen LogP contribution is 2.45. The fourth-order valence-corrected chi connectivity index (χ4v) is 6.74. The number of thiazole rings is 1. The van der Waals surface area contributed by atoms with Crippen molar-refractivity contribution in [2.24, 2.45) is 11.8 Å². The van der Waals surface area contributed by atoms with Crippen LogP contribution in [0.1, 0.15) is 62.8 Å². The molecule has 9 nitrogen and oxygen atoms in total. The molecule has 0 spiro atoms. The van der Waals surface area contributed by atoms with Gasteiger partial charge in [-0.1, -0.05) is 13.3 Å². The molecule has 0 saturated heterocycles. The third-order valence-corrected chi connectivity index (χ3v) is 9.26. The lowest BCUT2D eigenvalue weighted by Crippen LogP contribution is -2.38. The Balaban J connectivity index is 1.39. The monoisotopic (exact) mass is 510 g/mol. The van der Waals surface area contributed by atoms with Crippen molar-refractivity contribution in [3.8, 4) is 10.6 Å². The number of hydrogen-bond donors (Lipinski definition) is 5. The summed E-state index contributed by atoms with van der Waals surface area (Å²) in [5.74, 6) is 1.89. The summed E-state index contributed by atoms with van der Waals surface area (Å²) >= 11 is 1.60. The topological polar surface area (TPSA) is 136 Å². The number of nitrogens with one attached hydrogen (secondary N) is 2. The second-order valence-electron chi connectivity index (χ2n) is 10.6. The molecule has 3 aliphatic rings. The van der Waals surface area contributed by atoms with Crippen LogP contribution in [0.5, 0.6) is 0 Å². The van der Waals surface area contributed by atoms with Crippen molar-refractivity contribution in [2.75, 3.05) is 17.2 Å². The van der Waals surface area contributed by atoms with Crippen LogP contribution in [-0.2, 0) is 0 Å². The van der Waals surface area contributed by atoms with Crippen LogP contribution in [0.2, 0.25) is 0 Å². The third-order valence-electron chi connectivity index (χ3n) is 8.22. The minimum absolute atomic E-state index is 0.173. The average Bonchev–Trinajstić information content (AvgIpc) is 3.55. The van der Waals surface area contributed by atoms with Crippen molar-refractivity contribution >= 4 is 33.3 Å². The summed E-state index contributed by atoms with van der Waals surface area (Å²) in [7, 11) is 0. The molecule has 0 radical (unpaired) electrons. The van der Waals surface area contributed by atoms with Crippen molar-refractivity contribution in [3.63, 3.8) is 0 Å². The maximum absolute atomic E-state index is 10.7. The third kappa shape index (κ3) is 4.23. The number of pyridine rings is 1. The van der Waals surface area contributed by atoms with E-state index in [-0.39, 0.29) is 12.5 Å². The maximum atomic E-state index is 10.7. The normalized spacial score (nSPS) is 29.9. The van der Waals surface area contributed by atoms with Gasteiger partial charge in [0.15, 0.2) is 0 Å². The lowest BCUT2D eigenvalue weighted by Gasteiger charge is -2.36. The predicted molar refractivity (Wildman–Crippen MR) is 140 cm³/mol. The number of aliphatic hydroxyl groups excluding tert-OH is 3. The molecule has 5 N–H and O–H groups in total. The average molecular weight is 511 g/mol. The molecule has 3 heterocycles. The number of fused-ring (bicyclic) bond motifs is 1. The summed E-state index contributed by atoms with van der Waals surface area (Å²) in [6, 6.07) is 1.93. The quantitative estimate of drug-likeness (QED) is 0.309. The van der Waals surface area contributed by atoms with Crippen molar-refractivity contribution in [1.29, 1.82) is 0 Å². The first-order chi connectivity index (χ1) is 17.5. The van der Waals surface area contributed by atoms with Gasteiger partial charge < -0.3 is 26.0 Å². The predicted octanol–water partition coefficient (Wildman–Crippen LogP) is 3.45. The highest BCUT2D eigenvalue weighted by atomic mass is 32.1. The van der Waals surface area contributed by atoms with Crippen LogP contribution in [0.25, 0.3) is 20.8 Å². The van der Waals surface area contributed by atoms with E-state index >= 15 is 0 Å². The number of aliphatic hydroxyl groups is 3. The SMILES string of the molecule is CC[C@@H]1CC[C@H]1Nc1nc(C)c(-c2nc3c(C4CC4)nccc3s2)c(N[C@@H]2C[C@H](CO)[C@@H](O)[C@H]2O)n1. The Labute approximate surface area is 214 Å². The lowest BCUT2D eigenvalue weighted by molar-refractivity contribution is 0.00446. The maximum Gasteiger partial charge on any atom is 0.225 e. The Bertz CT molecular complexity index is 1260. The van der Waals surface area contributed by atoms with Crippen molar-refractivity contribution in [2.45, 2.75) is 82.6 Å². The van der Waals surface area contributed by atoms with E-state index in [0.29, 0.717) is 36.1 Å². The van der Waals surface area contributed by atoms with E-state index in [1.54, 1.807) is 11.3 Å². The zero-order valence-corrected chi connectivity index (χ0v) is 21.5. The van der Waals surface area contributed by atoms with E-state index in [4.69, 9.17) is 15.0 Å². The van der Waals surface area contributed by atoms with E-state index in [1.165, 1.54) is 6.42 Å². The molecule has 0 bridgehead atoms. The molecule has 0 aliphatic heterocycles. The number of anilines is 2. The molecule has 6 rings (SSSR count). The van der Waals surface area contributed by atoms with E-state index in [9.17, 15) is 15.3 Å². The zero-order chi connectivity index (χ0) is 25.0. The molecule has 6 atom stereocenters. The summed E-state index contributed by atoms with van der Waals surface area (Å²) in [5.41, 5.74) is 3.62. The molecule has 3 fully saturated rings. The van der Waals surface area contributed by atoms with Crippen LogP contribution in [0, 0.1) is 18.8 Å². The largest absolute Gasteiger partial charge is 0.396 e. The number of aromatic nitrogens is 4. The second kappa shape index (κ2) is 9.48. The molecule has 3 aliphatic carbocycles. The van der Waals surface area contributed by atoms with Crippen LogP contribution < -0.4 is 10.6 Å². The summed E-state index contributed by atoms with van der Waals surface area (Å²) in [6.45, 7) is 4.00. The Kier molecular flexibility index (Phi) is 6.31. The molecule has 36 heavy (non-hydrogen) atoms. The standard InChI is InChI=1S/C26H34N6O3S/c1-3-13-6-7-16(13)30-26-28-12(2)19(24(32-26)29-17-10-15(11-33)22(34)23(17)35)25-31-21-18(36-25)8-9-27-20(21)14-4-5-14/h8-9,13-17,22-23,33-35H,3-7,10-11H2,1-2H3,(H2,28,29,30,32)/t13-,15-,16-,17-,22-,23+/m1/s1. The first kappa shape index (κ1) is 24.0. The minimum Gasteiger partial charge on any atom is -0.396 e. The molecule has 3 aromatic rings. The van der Waals surface area contributed by atoms with Crippen LogP contribution in [0.4, 0.5) is 11.8 Å². The Morgan fingerprint density at radius 3 is 2.50 bits per heavy atom. The molecule has 3 aromatic heterocycles. The molecule has 10 heteroatoms. The second-order valence-corrected chi connectivity index (χ2v) is 11.6. The van der Waals surface area contributed by atoms with E-state index in [1.807, 2.05) is 19.2 Å². The highest BCUT2D eigenvalue weighted by Gasteiger charge is 2.42. The van der Waals surface area contributed by atoms with Crippen molar-refractivity contribution < 1.29 is 15.3 Å². The Morgan fingerprint density at radius 1 is 1.00 bits per heavy atom. The van der Waals surface area contributed by atoms with E-state index in [0.717, 1.165) is 57.9 Å². The molecule has 3 saturated carbocycles. The van der Waals surface area contributed by atoms with Gasteiger partial charge in [0, 0.05) is 30.7 Å². The summed E-state index contributed by atoms with van der Waals surface area (Å²) in [4.78, 5) is 19.3. The molecular weight excluding hydrogens is 476 g/mol. The number of aryl methyl sites for hydroxylation is 1. The van der Waals surface area contributed by atoms with E-state index < -0.39 is 18.2 Å². The summed E-state index contributed by atoms with van der Waals surface area (Å²) < 4.78 is 1.09. The van der Waals surface area contributed by atoms with Crippen LogP contribution in [0.3, 0.4) is 0 Å². The van der Waals surface area contributed by atoms with Gasteiger partial charge >= 0.3 is 0 Å². The molecule has 0 amide bonds. The fourth-order valence-electron chi connectivity index (χ4n) is 5.67. The number of rotatable bonds is 8. The van der Waals surface area contributed by atoms with Gasteiger partial charge in [-0.05, 0) is 51.0 Å². The van der Waals surface area contributed by atoms with Crippen molar-refractivity contribution in [1.82, 2.24) is 19.9 Å². The Hall–Kier alpha value is -2.40. The zero-order valence-electron chi connectivity index (χ0n) is 20.7. The van der Waals surface area contributed by atoms with Crippen LogP contribution in [-0.4, -0.2) is 66.2 Å². The van der Waals surface area contributed by atoms with Gasteiger partial charge in [0.2, 0.25) is 5.95 Å². The highest BCUT2D eigenvalue weighted by molar-refractivity contribution is 7.21. The van der Waals surface area contributed by atoms with Gasteiger partial charge in [0.1, 0.15) is 22.4 Å². The van der Waals surface area contributed by atoms with E-state index in [2.05, 4.69) is 22.5 Å². The van der Waals surface area contributed by atoms with Gasteiger partial charge in [-0.2, -0.15) is 4.98 Å². The first-order valence-electron chi connectivity index (χ1n) is 13.1. The van der Waals surface area contributed by atoms with Gasteiger partial charge in [-0.3, -0.25) is 4.98 Å². The number of hydrogen-bond acceptors (Lipinski definition) is 10. The fraction of sp³-hybridized carbons (Fsp3) is 0.615. The molecule has 192 valence electrons. The summed E-state index contributed by atoms with van der Waals surface area (Å²) in [5, 5.41) is 38.5. The molecule has 0 aromatic carbocycles.